The smallest absolute Gasteiger partial charge is 0.286 e. The average Bonchev–Trinajstić information content (AvgIpc) is 2.91. The van der Waals surface area contributed by atoms with Crippen molar-refractivity contribution in [1.82, 2.24) is 19.8 Å². The standard InChI is InChI=1S/C15H13FN4O2/c1-19(22)15(21)13-6-11-7-18-20(14(11)8-17-13)9-10-2-4-12(16)5-3-10/h2-8,22H,9H2,1H3. The van der Waals surface area contributed by atoms with Crippen LogP contribution in [0.2, 0.25) is 0 Å². The highest BCUT2D eigenvalue weighted by Gasteiger charge is 2.13. The molecule has 3 rings (SSSR count). The maximum atomic E-state index is 12.9. The van der Waals surface area contributed by atoms with E-state index in [0.29, 0.717) is 11.6 Å². The van der Waals surface area contributed by atoms with Crippen LogP contribution in [0.4, 0.5) is 4.39 Å². The maximum Gasteiger partial charge on any atom is 0.295 e. The van der Waals surface area contributed by atoms with Crippen molar-refractivity contribution in [2.24, 2.45) is 0 Å². The zero-order chi connectivity index (χ0) is 15.7. The first-order valence-corrected chi connectivity index (χ1v) is 6.57. The first-order valence-electron chi connectivity index (χ1n) is 6.57. The summed E-state index contributed by atoms with van der Waals surface area (Å²) in [7, 11) is 1.24. The lowest BCUT2D eigenvalue weighted by Crippen LogP contribution is -2.23. The van der Waals surface area contributed by atoms with Crippen LogP contribution in [0, 0.1) is 5.82 Å². The molecule has 2 heterocycles. The Morgan fingerprint density at radius 3 is 2.73 bits per heavy atom. The summed E-state index contributed by atoms with van der Waals surface area (Å²) in [5.74, 6) is -0.875. The summed E-state index contributed by atoms with van der Waals surface area (Å²) in [6, 6.07) is 7.74. The second-order valence-electron chi connectivity index (χ2n) is 4.89. The average molecular weight is 300 g/mol. The molecule has 0 radical (unpaired) electrons. The number of nitrogens with zero attached hydrogens (tertiary/aromatic N) is 4. The van der Waals surface area contributed by atoms with E-state index in [1.807, 2.05) is 0 Å². The summed E-state index contributed by atoms with van der Waals surface area (Å²) in [5, 5.41) is 14.6. The Morgan fingerprint density at radius 1 is 1.32 bits per heavy atom. The summed E-state index contributed by atoms with van der Waals surface area (Å²) >= 11 is 0. The van der Waals surface area contributed by atoms with Crippen molar-refractivity contribution >= 4 is 16.8 Å². The molecule has 7 heteroatoms. The topological polar surface area (TPSA) is 71.2 Å². The van der Waals surface area contributed by atoms with Crippen LogP contribution in [-0.2, 0) is 6.54 Å². The molecular formula is C15H13FN4O2. The second-order valence-corrected chi connectivity index (χ2v) is 4.89. The summed E-state index contributed by atoms with van der Waals surface area (Å²) in [6.07, 6.45) is 3.15. The molecule has 0 aliphatic heterocycles. The number of hydroxylamine groups is 2. The number of carbonyl (C=O) groups is 1. The van der Waals surface area contributed by atoms with Gasteiger partial charge >= 0.3 is 0 Å². The van der Waals surface area contributed by atoms with Crippen molar-refractivity contribution in [2.45, 2.75) is 6.54 Å². The number of amides is 1. The van der Waals surface area contributed by atoms with E-state index in [0.717, 1.165) is 16.5 Å². The summed E-state index contributed by atoms with van der Waals surface area (Å²) in [4.78, 5) is 15.7. The number of benzene rings is 1. The third-order valence-corrected chi connectivity index (χ3v) is 3.29. The molecule has 3 aromatic rings. The molecule has 0 atom stereocenters. The Hall–Kier alpha value is -2.80. The Balaban J connectivity index is 1.92. The highest BCUT2D eigenvalue weighted by atomic mass is 19.1. The summed E-state index contributed by atoms with van der Waals surface area (Å²) < 4.78 is 14.6. The number of fused-ring (bicyclic) bond motifs is 1. The fourth-order valence-corrected chi connectivity index (χ4v) is 2.15. The van der Waals surface area contributed by atoms with Crippen LogP contribution in [0.25, 0.3) is 10.9 Å². The molecule has 1 N–H and O–H groups in total. The first-order chi connectivity index (χ1) is 10.5. The van der Waals surface area contributed by atoms with E-state index in [4.69, 9.17) is 5.21 Å². The van der Waals surface area contributed by atoms with Gasteiger partial charge in [0.05, 0.1) is 24.5 Å². The number of rotatable bonds is 3. The fraction of sp³-hybridized carbons (Fsp3) is 0.133. The van der Waals surface area contributed by atoms with E-state index in [9.17, 15) is 9.18 Å². The largest absolute Gasteiger partial charge is 0.295 e. The Bertz CT molecular complexity index is 827. The normalized spacial score (nSPS) is 10.9. The van der Waals surface area contributed by atoms with Gasteiger partial charge in [-0.15, -0.1) is 0 Å². The van der Waals surface area contributed by atoms with Gasteiger partial charge in [-0.05, 0) is 23.8 Å². The molecule has 2 aromatic heterocycles. The van der Waals surface area contributed by atoms with Gasteiger partial charge in [0, 0.05) is 12.4 Å². The van der Waals surface area contributed by atoms with Gasteiger partial charge in [0.25, 0.3) is 5.91 Å². The van der Waals surface area contributed by atoms with Crippen molar-refractivity contribution in [2.75, 3.05) is 7.05 Å². The first kappa shape index (κ1) is 14.2. The molecule has 0 unspecified atom stereocenters. The molecule has 0 aliphatic carbocycles. The monoisotopic (exact) mass is 300 g/mol. The number of halogens is 1. The molecule has 0 saturated heterocycles. The Labute approximate surface area is 125 Å². The minimum absolute atomic E-state index is 0.138. The van der Waals surface area contributed by atoms with Gasteiger partial charge in [-0.25, -0.2) is 14.4 Å². The Morgan fingerprint density at radius 2 is 2.05 bits per heavy atom. The highest BCUT2D eigenvalue weighted by molar-refractivity contribution is 5.94. The maximum absolute atomic E-state index is 12.9. The minimum atomic E-state index is -0.590. The van der Waals surface area contributed by atoms with Crippen molar-refractivity contribution in [3.8, 4) is 0 Å². The van der Waals surface area contributed by atoms with E-state index in [1.54, 1.807) is 29.1 Å². The molecule has 1 aromatic carbocycles. The van der Waals surface area contributed by atoms with Gasteiger partial charge in [0.15, 0.2) is 0 Å². The number of carbonyl (C=O) groups excluding carboxylic acids is 1. The van der Waals surface area contributed by atoms with Gasteiger partial charge in [-0.2, -0.15) is 5.10 Å². The molecular weight excluding hydrogens is 287 g/mol. The number of aromatic nitrogens is 3. The molecule has 6 nitrogen and oxygen atoms in total. The van der Waals surface area contributed by atoms with Gasteiger partial charge < -0.3 is 0 Å². The van der Waals surface area contributed by atoms with Crippen molar-refractivity contribution in [3.63, 3.8) is 0 Å². The van der Waals surface area contributed by atoms with Gasteiger partial charge in [0.1, 0.15) is 11.5 Å². The number of hydrogen-bond donors (Lipinski definition) is 1. The highest BCUT2D eigenvalue weighted by Crippen LogP contribution is 2.16. The predicted molar refractivity (Wildman–Crippen MR) is 76.9 cm³/mol. The minimum Gasteiger partial charge on any atom is -0.286 e. The molecule has 0 fully saturated rings. The van der Waals surface area contributed by atoms with Crippen LogP contribution in [0.15, 0.2) is 42.7 Å². The van der Waals surface area contributed by atoms with E-state index >= 15 is 0 Å². The predicted octanol–water partition coefficient (Wildman–Crippen LogP) is 2.08. The van der Waals surface area contributed by atoms with Crippen molar-refractivity contribution in [3.05, 3.63) is 59.8 Å². The van der Waals surface area contributed by atoms with Crippen LogP contribution in [0.5, 0.6) is 0 Å². The molecule has 112 valence electrons. The molecule has 22 heavy (non-hydrogen) atoms. The van der Waals surface area contributed by atoms with Gasteiger partial charge in [0.2, 0.25) is 0 Å². The van der Waals surface area contributed by atoms with E-state index in [2.05, 4.69) is 10.1 Å². The number of pyridine rings is 1. The molecule has 0 saturated carbocycles. The summed E-state index contributed by atoms with van der Waals surface area (Å²) in [6.45, 7) is 0.471. The fourth-order valence-electron chi connectivity index (χ4n) is 2.15. The molecule has 0 bridgehead atoms. The number of hydrogen-bond acceptors (Lipinski definition) is 4. The van der Waals surface area contributed by atoms with Gasteiger partial charge in [-0.3, -0.25) is 14.7 Å². The van der Waals surface area contributed by atoms with Crippen molar-refractivity contribution < 1.29 is 14.4 Å². The zero-order valence-electron chi connectivity index (χ0n) is 11.8. The summed E-state index contributed by atoms with van der Waals surface area (Å²) in [5.41, 5.74) is 1.79. The van der Waals surface area contributed by atoms with Gasteiger partial charge in [-0.1, -0.05) is 12.1 Å². The molecule has 0 aliphatic rings. The molecule has 0 spiro atoms. The lowest BCUT2D eigenvalue weighted by Gasteiger charge is -2.07. The van der Waals surface area contributed by atoms with Crippen LogP contribution in [0.3, 0.4) is 0 Å². The lowest BCUT2D eigenvalue weighted by atomic mass is 10.2. The third kappa shape index (κ3) is 2.66. The lowest BCUT2D eigenvalue weighted by molar-refractivity contribution is -0.0379. The van der Waals surface area contributed by atoms with E-state index < -0.39 is 5.91 Å². The Kier molecular flexibility index (Phi) is 3.56. The third-order valence-electron chi connectivity index (χ3n) is 3.29. The SMILES string of the molecule is CN(O)C(=O)c1cc2cnn(Cc3ccc(F)cc3)c2cn1. The van der Waals surface area contributed by atoms with Crippen LogP contribution in [0.1, 0.15) is 16.1 Å². The zero-order valence-corrected chi connectivity index (χ0v) is 11.8. The quantitative estimate of drug-likeness (QED) is 0.594. The van der Waals surface area contributed by atoms with E-state index in [-0.39, 0.29) is 11.5 Å². The molecule has 1 amide bonds. The van der Waals surface area contributed by atoms with E-state index in [1.165, 1.54) is 25.4 Å². The van der Waals surface area contributed by atoms with Crippen LogP contribution < -0.4 is 0 Å². The van der Waals surface area contributed by atoms with Crippen LogP contribution >= 0.6 is 0 Å². The van der Waals surface area contributed by atoms with Crippen LogP contribution in [-0.4, -0.2) is 38.0 Å². The van der Waals surface area contributed by atoms with Crippen molar-refractivity contribution in [1.29, 1.82) is 0 Å². The second kappa shape index (κ2) is 5.53.